The third kappa shape index (κ3) is 58.6. The van der Waals surface area contributed by atoms with Crippen molar-refractivity contribution in [2.45, 2.75) is 6.42 Å². The topological polar surface area (TPSA) is 115 Å². The maximum atomic E-state index is 9.29. The van der Waals surface area contributed by atoms with Crippen LogP contribution >= 0.6 is 25.3 Å². The third-order valence-corrected chi connectivity index (χ3v) is 1.13. The molecule has 0 spiro atoms. The maximum absolute atomic E-state index is 9.29. The Bertz CT molecular complexity index is 136. The molecular formula is C7H16O6S2. The highest BCUT2D eigenvalue weighted by Gasteiger charge is 1.82. The average Bonchev–Trinajstić information content (AvgIpc) is 2.20. The van der Waals surface area contributed by atoms with Crippen molar-refractivity contribution in [2.75, 3.05) is 24.7 Å². The fourth-order valence-corrected chi connectivity index (χ4v) is 0.0707. The van der Waals surface area contributed by atoms with Crippen LogP contribution in [0.3, 0.4) is 0 Å². The predicted octanol–water partition coefficient (Wildman–Crippen LogP) is -0.637. The second kappa shape index (κ2) is 19.2. The van der Waals surface area contributed by atoms with Crippen molar-refractivity contribution in [3.63, 3.8) is 0 Å². The first kappa shape index (κ1) is 20.0. The van der Waals surface area contributed by atoms with E-state index >= 15 is 0 Å². The maximum Gasteiger partial charge on any atom is 0.313 e. The summed E-state index contributed by atoms with van der Waals surface area (Å²) in [6, 6.07) is 0. The second-order valence-corrected chi connectivity index (χ2v) is 2.54. The summed E-state index contributed by atoms with van der Waals surface area (Å²) < 4.78 is 0. The summed E-state index contributed by atoms with van der Waals surface area (Å²) in [6.07, 6.45) is 0.500. The molecule has 92 valence electrons. The van der Waals surface area contributed by atoms with Crippen LogP contribution in [0.25, 0.3) is 0 Å². The lowest BCUT2D eigenvalue weighted by Gasteiger charge is -1.79. The second-order valence-electron chi connectivity index (χ2n) is 1.90. The first-order valence-electron chi connectivity index (χ1n) is 3.83. The van der Waals surface area contributed by atoms with Gasteiger partial charge in [0.05, 0.1) is 11.5 Å². The fourth-order valence-electron chi connectivity index (χ4n) is 0.0707. The van der Waals surface area contributed by atoms with Gasteiger partial charge >= 0.3 is 11.9 Å². The standard InChI is InChI=1S/C3H8O2.2C2H4O2S/c4-2-1-3-5;2*3-2(4)1-5/h4-5H,1-3H2;2*5H,1H2,(H,3,4). The van der Waals surface area contributed by atoms with Crippen molar-refractivity contribution in [2.24, 2.45) is 0 Å². The molecule has 0 unspecified atom stereocenters. The highest BCUT2D eigenvalue weighted by Crippen LogP contribution is 1.67. The van der Waals surface area contributed by atoms with Crippen molar-refractivity contribution in [3.05, 3.63) is 0 Å². The Kier molecular flexibility index (Phi) is 25.6. The van der Waals surface area contributed by atoms with Crippen LogP contribution in [0.15, 0.2) is 0 Å². The SMILES string of the molecule is O=C(O)CS.O=C(O)CS.OCCCO. The van der Waals surface area contributed by atoms with E-state index in [9.17, 15) is 9.59 Å². The molecule has 0 aromatic heterocycles. The minimum Gasteiger partial charge on any atom is -0.481 e. The summed E-state index contributed by atoms with van der Waals surface area (Å²) in [6.45, 7) is 0.188. The van der Waals surface area contributed by atoms with Crippen molar-refractivity contribution in [1.29, 1.82) is 0 Å². The molecule has 6 nitrogen and oxygen atoms in total. The van der Waals surface area contributed by atoms with Crippen LogP contribution < -0.4 is 0 Å². The van der Waals surface area contributed by atoms with Gasteiger partial charge in [-0.3, -0.25) is 9.59 Å². The van der Waals surface area contributed by atoms with E-state index in [1.54, 1.807) is 0 Å². The van der Waals surface area contributed by atoms with Gasteiger partial charge < -0.3 is 20.4 Å². The Morgan fingerprint density at radius 3 is 1.07 bits per heavy atom. The Hall–Kier alpha value is -0.440. The van der Waals surface area contributed by atoms with Gasteiger partial charge in [-0.1, -0.05) is 0 Å². The number of aliphatic carboxylic acids is 2. The third-order valence-electron chi connectivity index (χ3n) is 0.587. The van der Waals surface area contributed by atoms with Crippen molar-refractivity contribution in [3.8, 4) is 0 Å². The first-order chi connectivity index (χ1) is 6.95. The molecule has 0 amide bonds. The lowest BCUT2D eigenvalue weighted by molar-refractivity contribution is -0.134. The monoisotopic (exact) mass is 260 g/mol. The Labute approximate surface area is 98.8 Å². The summed E-state index contributed by atoms with van der Waals surface area (Å²) in [5.74, 6) is -1.93. The van der Waals surface area contributed by atoms with Gasteiger partial charge in [0.1, 0.15) is 0 Å². The number of carbonyl (C=O) groups is 2. The number of thiol groups is 2. The van der Waals surface area contributed by atoms with Crippen LogP contribution in [0.1, 0.15) is 6.42 Å². The summed E-state index contributed by atoms with van der Waals surface area (Å²) >= 11 is 6.83. The minimum absolute atomic E-state index is 0.0833. The minimum atomic E-state index is -0.881. The molecule has 0 aliphatic carbocycles. The van der Waals surface area contributed by atoms with E-state index < -0.39 is 11.9 Å². The number of carboxylic acids is 2. The molecule has 0 rings (SSSR count). The van der Waals surface area contributed by atoms with Gasteiger partial charge in [0.25, 0.3) is 0 Å². The van der Waals surface area contributed by atoms with E-state index in [0.29, 0.717) is 6.42 Å². The van der Waals surface area contributed by atoms with E-state index in [-0.39, 0.29) is 24.7 Å². The molecule has 0 aliphatic rings. The zero-order chi connectivity index (χ0) is 12.7. The molecule has 0 radical (unpaired) electrons. The Morgan fingerprint density at radius 1 is 0.867 bits per heavy atom. The molecule has 0 bridgehead atoms. The van der Waals surface area contributed by atoms with E-state index in [0.717, 1.165) is 0 Å². The number of aliphatic hydroxyl groups excluding tert-OH is 2. The molecule has 0 atom stereocenters. The van der Waals surface area contributed by atoms with Gasteiger partial charge in [-0.25, -0.2) is 0 Å². The zero-order valence-electron chi connectivity index (χ0n) is 8.04. The quantitative estimate of drug-likeness (QED) is 0.375. The summed E-state index contributed by atoms with van der Waals surface area (Å²) in [4.78, 5) is 18.6. The summed E-state index contributed by atoms with van der Waals surface area (Å²) in [5.41, 5.74) is 0. The van der Waals surface area contributed by atoms with Crippen LogP contribution in [-0.4, -0.2) is 57.1 Å². The van der Waals surface area contributed by atoms with Crippen molar-refractivity contribution in [1.82, 2.24) is 0 Å². The lowest BCUT2D eigenvalue weighted by Crippen LogP contribution is -1.92. The van der Waals surface area contributed by atoms with Gasteiger partial charge in [-0.15, -0.1) is 0 Å². The number of carboxylic acid groups (broad SMARTS) is 2. The zero-order valence-corrected chi connectivity index (χ0v) is 9.82. The molecule has 15 heavy (non-hydrogen) atoms. The average molecular weight is 260 g/mol. The molecule has 0 fully saturated rings. The van der Waals surface area contributed by atoms with E-state index in [4.69, 9.17) is 20.4 Å². The van der Waals surface area contributed by atoms with Crippen LogP contribution in [-0.2, 0) is 9.59 Å². The molecule has 4 N–H and O–H groups in total. The lowest BCUT2D eigenvalue weighted by atomic mass is 10.5. The van der Waals surface area contributed by atoms with Crippen LogP contribution in [0.4, 0.5) is 0 Å². The van der Waals surface area contributed by atoms with E-state index in [1.165, 1.54) is 0 Å². The summed E-state index contributed by atoms with van der Waals surface area (Å²) in [5, 5.41) is 31.1. The van der Waals surface area contributed by atoms with Gasteiger partial charge in [-0.2, -0.15) is 25.3 Å². The number of hydrogen-bond donors (Lipinski definition) is 6. The molecule has 0 aromatic rings. The van der Waals surface area contributed by atoms with E-state index in [1.807, 2.05) is 0 Å². The normalized spacial score (nSPS) is 7.73. The van der Waals surface area contributed by atoms with E-state index in [2.05, 4.69) is 25.3 Å². The molecule has 8 heteroatoms. The highest BCUT2D eigenvalue weighted by molar-refractivity contribution is 7.81. The molecule has 0 saturated heterocycles. The molecule has 0 saturated carbocycles. The number of hydrogen-bond acceptors (Lipinski definition) is 6. The number of rotatable bonds is 4. The Morgan fingerprint density at radius 2 is 1.07 bits per heavy atom. The van der Waals surface area contributed by atoms with Gasteiger partial charge in [0.15, 0.2) is 0 Å². The summed E-state index contributed by atoms with van der Waals surface area (Å²) in [7, 11) is 0. The largest absolute Gasteiger partial charge is 0.481 e. The first-order valence-corrected chi connectivity index (χ1v) is 5.09. The molecule has 0 aliphatic heterocycles. The number of aliphatic hydroxyl groups is 2. The van der Waals surface area contributed by atoms with Crippen LogP contribution in [0.5, 0.6) is 0 Å². The predicted molar refractivity (Wildman–Crippen MR) is 61.8 cm³/mol. The van der Waals surface area contributed by atoms with Gasteiger partial charge in [0.2, 0.25) is 0 Å². The van der Waals surface area contributed by atoms with Gasteiger partial charge in [0, 0.05) is 13.2 Å². The highest BCUT2D eigenvalue weighted by atomic mass is 32.1. The van der Waals surface area contributed by atoms with Crippen molar-refractivity contribution < 1.29 is 30.0 Å². The molecule has 0 aromatic carbocycles. The smallest absolute Gasteiger partial charge is 0.313 e. The van der Waals surface area contributed by atoms with Crippen molar-refractivity contribution >= 4 is 37.2 Å². The van der Waals surface area contributed by atoms with Crippen LogP contribution in [0, 0.1) is 0 Å². The van der Waals surface area contributed by atoms with Crippen LogP contribution in [0.2, 0.25) is 0 Å². The molecule has 0 heterocycles. The molecular weight excluding hydrogens is 244 g/mol. The fraction of sp³-hybridized carbons (Fsp3) is 0.714. The Balaban J connectivity index is -0.000000144. The van der Waals surface area contributed by atoms with Gasteiger partial charge in [-0.05, 0) is 6.42 Å².